The minimum Gasteiger partial charge on any atom is -0.497 e. The fourth-order valence-corrected chi connectivity index (χ4v) is 4.80. The fourth-order valence-electron chi connectivity index (χ4n) is 3.22. The Bertz CT molecular complexity index is 1600. The van der Waals surface area contributed by atoms with Crippen LogP contribution in [0, 0.1) is 0 Å². The number of thiazole rings is 1. The summed E-state index contributed by atoms with van der Waals surface area (Å²) in [5.74, 6) is 0.288. The van der Waals surface area contributed by atoms with Crippen molar-refractivity contribution in [2.24, 2.45) is 5.10 Å². The molecule has 5 rings (SSSR count). The molecule has 2 aromatic carbocycles. The Hall–Kier alpha value is -4.08. The molecular formula is C25H17N3O4S2. The summed E-state index contributed by atoms with van der Waals surface area (Å²) in [6.07, 6.45) is 5.80. The van der Waals surface area contributed by atoms with E-state index in [-0.39, 0.29) is 11.0 Å². The minimum atomic E-state index is -0.402. The van der Waals surface area contributed by atoms with Crippen molar-refractivity contribution in [1.29, 1.82) is 0 Å². The molecule has 0 unspecified atom stereocenters. The van der Waals surface area contributed by atoms with Crippen LogP contribution >= 0.6 is 22.7 Å². The number of anilines is 1. The summed E-state index contributed by atoms with van der Waals surface area (Å²) < 4.78 is 11.7. The summed E-state index contributed by atoms with van der Waals surface area (Å²) in [5.41, 5.74) is 1.18. The summed E-state index contributed by atoms with van der Waals surface area (Å²) in [6, 6.07) is 16.3. The molecule has 168 valence electrons. The molecule has 0 aliphatic carbocycles. The maximum absolute atomic E-state index is 13.1. The average molecular weight is 488 g/mol. The Morgan fingerprint density at radius 1 is 1.18 bits per heavy atom. The maximum atomic E-state index is 13.1. The number of hydrogen-bond donors (Lipinski definition) is 0. The zero-order valence-corrected chi connectivity index (χ0v) is 19.5. The predicted molar refractivity (Wildman–Crippen MR) is 137 cm³/mol. The van der Waals surface area contributed by atoms with Crippen molar-refractivity contribution in [3.63, 3.8) is 0 Å². The highest BCUT2D eigenvalue weighted by Crippen LogP contribution is 2.32. The number of carbonyl (C=O) groups is 1. The second-order valence-corrected chi connectivity index (χ2v) is 9.08. The Labute approximate surface area is 201 Å². The highest BCUT2D eigenvalue weighted by Gasteiger charge is 2.18. The highest BCUT2D eigenvalue weighted by molar-refractivity contribution is 7.22. The molecule has 9 heteroatoms. The first-order valence-electron chi connectivity index (χ1n) is 10.2. The molecule has 0 aliphatic rings. The van der Waals surface area contributed by atoms with Gasteiger partial charge in [-0.15, -0.1) is 11.3 Å². The number of methoxy groups -OCH3 is 1. The molecule has 0 N–H and O–H groups in total. The minimum absolute atomic E-state index is 0.224. The van der Waals surface area contributed by atoms with Crippen molar-refractivity contribution < 1.29 is 13.9 Å². The van der Waals surface area contributed by atoms with Crippen LogP contribution in [-0.4, -0.2) is 24.2 Å². The van der Waals surface area contributed by atoms with Crippen molar-refractivity contribution in [3.05, 3.63) is 93.0 Å². The highest BCUT2D eigenvalue weighted by atomic mass is 32.1. The van der Waals surface area contributed by atoms with Crippen LogP contribution in [0.4, 0.5) is 5.13 Å². The summed E-state index contributed by atoms with van der Waals surface area (Å²) in [4.78, 5) is 31.5. The molecule has 0 aliphatic heterocycles. The zero-order chi connectivity index (χ0) is 23.5. The molecule has 0 atom stereocenters. The van der Waals surface area contributed by atoms with Crippen LogP contribution in [0.5, 0.6) is 5.75 Å². The second-order valence-electron chi connectivity index (χ2n) is 7.09. The molecule has 3 heterocycles. The van der Waals surface area contributed by atoms with Gasteiger partial charge in [0.1, 0.15) is 17.6 Å². The van der Waals surface area contributed by atoms with Crippen LogP contribution in [0.1, 0.15) is 10.4 Å². The lowest BCUT2D eigenvalue weighted by molar-refractivity contribution is -0.114. The van der Waals surface area contributed by atoms with E-state index >= 15 is 0 Å². The Kier molecular flexibility index (Phi) is 6.03. The van der Waals surface area contributed by atoms with E-state index in [1.807, 2.05) is 29.6 Å². The molecule has 7 nitrogen and oxygen atoms in total. The lowest BCUT2D eigenvalue weighted by Gasteiger charge is -2.11. The third kappa shape index (κ3) is 4.39. The van der Waals surface area contributed by atoms with Crippen LogP contribution in [0.25, 0.3) is 27.3 Å². The van der Waals surface area contributed by atoms with Crippen molar-refractivity contribution in [2.45, 2.75) is 0 Å². The number of thiophene rings is 1. The number of hydrogen-bond acceptors (Lipinski definition) is 8. The van der Waals surface area contributed by atoms with Crippen LogP contribution < -0.4 is 15.2 Å². The van der Waals surface area contributed by atoms with Gasteiger partial charge in [0.2, 0.25) is 10.6 Å². The number of ether oxygens (including phenoxy) is 1. The van der Waals surface area contributed by atoms with Crippen molar-refractivity contribution >= 4 is 67.2 Å². The molecule has 0 saturated carbocycles. The molecule has 0 spiro atoms. The number of nitrogens with zero attached hydrogens (tertiary/aromatic N) is 3. The molecule has 0 fully saturated rings. The van der Waals surface area contributed by atoms with E-state index in [9.17, 15) is 9.59 Å². The van der Waals surface area contributed by atoms with Gasteiger partial charge in [0.05, 0.1) is 34.5 Å². The lowest BCUT2D eigenvalue weighted by atomic mass is 10.2. The number of hydrazone groups is 1. The van der Waals surface area contributed by atoms with Crippen LogP contribution in [0.2, 0.25) is 0 Å². The van der Waals surface area contributed by atoms with E-state index in [4.69, 9.17) is 9.15 Å². The molecule has 5 aromatic rings. The van der Waals surface area contributed by atoms with Crippen molar-refractivity contribution in [2.75, 3.05) is 12.1 Å². The second kappa shape index (κ2) is 9.42. The smallest absolute Gasteiger partial charge is 0.273 e. The SMILES string of the molecule is COc1ccc2nc(N(/N=C/c3coc4ccccc4c3=O)C(=O)/C=C/c3cccs3)sc2c1. The molecule has 0 radical (unpaired) electrons. The Morgan fingerprint density at radius 2 is 2.06 bits per heavy atom. The largest absolute Gasteiger partial charge is 0.497 e. The van der Waals surface area contributed by atoms with Crippen LogP contribution in [-0.2, 0) is 4.79 Å². The number of aromatic nitrogens is 1. The molecule has 0 saturated heterocycles. The van der Waals surface area contributed by atoms with Gasteiger partial charge in [0, 0.05) is 11.0 Å². The zero-order valence-electron chi connectivity index (χ0n) is 17.9. The quantitative estimate of drug-likeness (QED) is 0.178. The van der Waals surface area contributed by atoms with E-state index in [2.05, 4.69) is 10.1 Å². The first kappa shape index (κ1) is 21.7. The van der Waals surface area contributed by atoms with Gasteiger partial charge in [0.15, 0.2) is 0 Å². The van der Waals surface area contributed by atoms with E-state index in [0.29, 0.717) is 27.4 Å². The summed E-state index contributed by atoms with van der Waals surface area (Å²) in [5, 5.41) is 8.25. The number of fused-ring (bicyclic) bond motifs is 2. The first-order chi connectivity index (χ1) is 16.6. The van der Waals surface area contributed by atoms with Gasteiger partial charge in [-0.05, 0) is 47.9 Å². The first-order valence-corrected chi connectivity index (χ1v) is 11.9. The van der Waals surface area contributed by atoms with Gasteiger partial charge in [0.25, 0.3) is 5.91 Å². The maximum Gasteiger partial charge on any atom is 0.273 e. The topological polar surface area (TPSA) is 85.0 Å². The Morgan fingerprint density at radius 3 is 2.88 bits per heavy atom. The third-order valence-corrected chi connectivity index (χ3v) is 6.76. The Balaban J connectivity index is 1.54. The van der Waals surface area contributed by atoms with Crippen molar-refractivity contribution in [1.82, 2.24) is 4.98 Å². The monoisotopic (exact) mass is 487 g/mol. The fraction of sp³-hybridized carbons (Fsp3) is 0.0400. The van der Waals surface area contributed by atoms with E-state index < -0.39 is 5.91 Å². The van der Waals surface area contributed by atoms with Gasteiger partial charge >= 0.3 is 0 Å². The van der Waals surface area contributed by atoms with Gasteiger partial charge in [-0.2, -0.15) is 10.1 Å². The number of benzene rings is 2. The number of para-hydroxylation sites is 1. The van der Waals surface area contributed by atoms with Crippen molar-refractivity contribution in [3.8, 4) is 5.75 Å². The number of rotatable bonds is 6. The summed E-state index contributed by atoms with van der Waals surface area (Å²) in [6.45, 7) is 0. The molecule has 34 heavy (non-hydrogen) atoms. The summed E-state index contributed by atoms with van der Waals surface area (Å²) >= 11 is 2.81. The average Bonchev–Trinajstić information content (AvgIpc) is 3.53. The van der Waals surface area contributed by atoms with E-state index in [1.54, 1.807) is 43.5 Å². The van der Waals surface area contributed by atoms with Crippen LogP contribution in [0.15, 0.2) is 86.6 Å². The number of amides is 1. The third-order valence-electron chi connectivity index (χ3n) is 4.93. The van der Waals surface area contributed by atoms with Gasteiger partial charge in [-0.1, -0.05) is 29.5 Å². The van der Waals surface area contributed by atoms with Gasteiger partial charge in [-0.25, -0.2) is 4.98 Å². The number of carbonyl (C=O) groups excluding carboxylic acids is 1. The molecular weight excluding hydrogens is 470 g/mol. The molecule has 1 amide bonds. The standard InChI is InChI=1S/C25H17N3O4S2/c1-31-17-8-10-20-22(13-17)34-25(27-20)28(23(29)11-9-18-5-4-12-33-18)26-14-16-15-32-21-7-3-2-6-19(21)24(16)30/h2-15H,1H3/b11-9+,26-14+. The molecule has 3 aromatic heterocycles. The van der Waals surface area contributed by atoms with E-state index in [1.165, 1.54) is 46.2 Å². The van der Waals surface area contributed by atoms with Gasteiger partial charge < -0.3 is 9.15 Å². The van der Waals surface area contributed by atoms with Crippen LogP contribution in [0.3, 0.4) is 0 Å². The van der Waals surface area contributed by atoms with Gasteiger partial charge in [-0.3, -0.25) is 9.59 Å². The predicted octanol–water partition coefficient (Wildman–Crippen LogP) is 5.55. The summed E-state index contributed by atoms with van der Waals surface area (Å²) in [7, 11) is 1.59. The molecule has 0 bridgehead atoms. The normalized spacial score (nSPS) is 11.7. The van der Waals surface area contributed by atoms with E-state index in [0.717, 1.165) is 9.58 Å². The lowest BCUT2D eigenvalue weighted by Crippen LogP contribution is -2.24.